The van der Waals surface area contributed by atoms with Crippen molar-refractivity contribution in [1.82, 2.24) is 0 Å². The Bertz CT molecular complexity index is 1180. The molecule has 0 heterocycles. The highest BCUT2D eigenvalue weighted by atomic mass is 16.3. The molecule has 4 atom stereocenters. The van der Waals surface area contributed by atoms with E-state index >= 15 is 0 Å². The molecular formula is C39H60O2. The van der Waals surface area contributed by atoms with E-state index in [9.17, 15) is 10.2 Å². The summed E-state index contributed by atoms with van der Waals surface area (Å²) < 4.78 is 0. The van der Waals surface area contributed by atoms with Crippen molar-refractivity contribution in [1.29, 1.82) is 0 Å². The molecule has 0 aliphatic heterocycles. The Kier molecular flexibility index (Phi) is 8.79. The van der Waals surface area contributed by atoms with Crippen molar-refractivity contribution in [3.8, 4) is 11.5 Å². The van der Waals surface area contributed by atoms with Crippen LogP contribution in [0.15, 0.2) is 12.1 Å². The number of aryl methyl sites for hydroxylation is 2. The largest absolute Gasteiger partial charge is 0.507 e. The molecule has 0 aromatic heterocycles. The number of benzene rings is 2. The smallest absolute Gasteiger partial charge is 0.122 e. The number of hydrogen-bond donors (Lipinski definition) is 2. The SMILES string of the molecule is CCCc1cc2c(c(CCC)c1O)C1(c3c(cc(CCC)c(O)c3CCC)C(C)(C(C)C)C1C)C(C)C2(C)C(C)C. The Balaban J connectivity index is 2.32. The highest BCUT2D eigenvalue weighted by Crippen LogP contribution is 2.72. The summed E-state index contributed by atoms with van der Waals surface area (Å²) in [5.41, 5.74) is 10.0. The topological polar surface area (TPSA) is 40.5 Å². The maximum Gasteiger partial charge on any atom is 0.122 e. The fourth-order valence-corrected chi connectivity index (χ4v) is 9.68. The van der Waals surface area contributed by atoms with Crippen LogP contribution < -0.4 is 0 Å². The molecule has 0 saturated carbocycles. The van der Waals surface area contributed by atoms with E-state index in [0.29, 0.717) is 35.2 Å². The van der Waals surface area contributed by atoms with Crippen LogP contribution in [0.1, 0.15) is 153 Å². The van der Waals surface area contributed by atoms with Gasteiger partial charge in [0.15, 0.2) is 0 Å². The third-order valence-corrected chi connectivity index (χ3v) is 12.5. The molecule has 1 spiro atoms. The molecule has 2 N–H and O–H groups in total. The summed E-state index contributed by atoms with van der Waals surface area (Å²) in [7, 11) is 0. The summed E-state index contributed by atoms with van der Waals surface area (Å²) in [6.07, 6.45) is 7.64. The van der Waals surface area contributed by atoms with Gasteiger partial charge >= 0.3 is 0 Å². The standard InChI is InChI=1S/C39H60O2/c1-13-17-27-21-31-33(29(19-15-3)35(27)40)39(25(9)37(31,11)23(5)6)26(10)38(12,24(7)8)32-22-28(18-14-2)36(41)30(20-16-4)34(32)39/h21-26,40-41H,13-20H2,1-12H3. The Labute approximate surface area is 252 Å². The van der Waals surface area contributed by atoms with Crippen LogP contribution in [0.3, 0.4) is 0 Å². The van der Waals surface area contributed by atoms with Crippen molar-refractivity contribution in [2.45, 2.75) is 151 Å². The third kappa shape index (κ3) is 4.08. The van der Waals surface area contributed by atoms with Gasteiger partial charge in [-0.1, -0.05) is 121 Å². The predicted octanol–water partition coefficient (Wildman–Crippen LogP) is 10.3. The molecule has 2 nitrogen and oxygen atoms in total. The first-order valence-corrected chi connectivity index (χ1v) is 17.0. The minimum absolute atomic E-state index is 0.0526. The van der Waals surface area contributed by atoms with Crippen molar-refractivity contribution in [3.05, 3.63) is 56.6 Å². The number of aromatic hydroxyl groups is 2. The zero-order chi connectivity index (χ0) is 30.7. The van der Waals surface area contributed by atoms with E-state index < -0.39 is 0 Å². The number of hydrogen-bond acceptors (Lipinski definition) is 2. The lowest BCUT2D eigenvalue weighted by Crippen LogP contribution is -2.47. The van der Waals surface area contributed by atoms with Gasteiger partial charge < -0.3 is 10.2 Å². The molecule has 2 aromatic rings. The van der Waals surface area contributed by atoms with Gasteiger partial charge in [-0.15, -0.1) is 0 Å². The van der Waals surface area contributed by atoms with Crippen LogP contribution in [0.25, 0.3) is 0 Å². The van der Waals surface area contributed by atoms with Crippen LogP contribution in [-0.4, -0.2) is 10.2 Å². The van der Waals surface area contributed by atoms with E-state index in [1.165, 1.54) is 33.4 Å². The summed E-state index contributed by atoms with van der Waals surface area (Å²) >= 11 is 0. The monoisotopic (exact) mass is 560 g/mol. The van der Waals surface area contributed by atoms with Gasteiger partial charge in [-0.3, -0.25) is 0 Å². The molecule has 2 aliphatic carbocycles. The first kappa shape index (κ1) is 32.0. The van der Waals surface area contributed by atoms with Gasteiger partial charge in [0.25, 0.3) is 0 Å². The number of rotatable bonds is 10. The first-order chi connectivity index (χ1) is 19.3. The van der Waals surface area contributed by atoms with E-state index in [2.05, 4.69) is 95.2 Å². The lowest BCUT2D eigenvalue weighted by Gasteiger charge is -2.47. The third-order valence-electron chi connectivity index (χ3n) is 12.5. The first-order valence-electron chi connectivity index (χ1n) is 17.0. The average molecular weight is 561 g/mol. The molecule has 2 aliphatic rings. The van der Waals surface area contributed by atoms with Gasteiger partial charge in [-0.2, -0.15) is 0 Å². The van der Waals surface area contributed by atoms with Crippen LogP contribution in [0, 0.1) is 23.7 Å². The second-order valence-electron chi connectivity index (χ2n) is 14.8. The Hall–Kier alpha value is -1.96. The van der Waals surface area contributed by atoms with Crippen LogP contribution >= 0.6 is 0 Å². The van der Waals surface area contributed by atoms with E-state index in [0.717, 1.165) is 62.5 Å². The number of phenolic OH excluding ortho intramolecular Hbond substituents is 2. The van der Waals surface area contributed by atoms with E-state index in [1.54, 1.807) is 0 Å². The zero-order valence-electron chi connectivity index (χ0n) is 28.5. The average Bonchev–Trinajstić information content (AvgIpc) is 3.24. The van der Waals surface area contributed by atoms with E-state index in [1.807, 2.05) is 0 Å². The molecule has 4 rings (SSSR count). The Morgan fingerprint density at radius 1 is 0.610 bits per heavy atom. The minimum Gasteiger partial charge on any atom is -0.507 e. The quantitative estimate of drug-likeness (QED) is 0.303. The summed E-state index contributed by atoms with van der Waals surface area (Å²) in [6, 6.07) is 4.83. The van der Waals surface area contributed by atoms with Gasteiger partial charge in [0.2, 0.25) is 0 Å². The van der Waals surface area contributed by atoms with Crippen LogP contribution in [0.4, 0.5) is 0 Å². The summed E-state index contributed by atoms with van der Waals surface area (Å²) in [5, 5.41) is 24.0. The van der Waals surface area contributed by atoms with Crippen LogP contribution in [0.5, 0.6) is 11.5 Å². The summed E-state index contributed by atoms with van der Waals surface area (Å²) in [6.45, 7) is 28.6. The fourth-order valence-electron chi connectivity index (χ4n) is 9.68. The molecule has 4 unspecified atom stereocenters. The fraction of sp³-hybridized carbons (Fsp3) is 0.692. The summed E-state index contributed by atoms with van der Waals surface area (Å²) in [5.74, 6) is 2.60. The van der Waals surface area contributed by atoms with Gasteiger partial charge in [0.1, 0.15) is 11.5 Å². The lowest BCUT2D eigenvalue weighted by molar-refractivity contribution is 0.110. The zero-order valence-corrected chi connectivity index (χ0v) is 28.5. The maximum atomic E-state index is 12.0. The van der Waals surface area contributed by atoms with Gasteiger partial charge in [0.05, 0.1) is 0 Å². The number of fused-ring (bicyclic) bond motifs is 4. The highest BCUT2D eigenvalue weighted by molar-refractivity contribution is 5.71. The van der Waals surface area contributed by atoms with Crippen molar-refractivity contribution in [3.63, 3.8) is 0 Å². The van der Waals surface area contributed by atoms with Gasteiger partial charge in [-0.25, -0.2) is 0 Å². The van der Waals surface area contributed by atoms with Crippen molar-refractivity contribution >= 4 is 0 Å². The summed E-state index contributed by atoms with van der Waals surface area (Å²) in [4.78, 5) is 0. The van der Waals surface area contributed by atoms with Crippen LogP contribution in [0.2, 0.25) is 0 Å². The Morgan fingerprint density at radius 3 is 1.20 bits per heavy atom. The number of phenols is 2. The molecule has 228 valence electrons. The molecule has 0 radical (unpaired) electrons. The second-order valence-corrected chi connectivity index (χ2v) is 14.8. The van der Waals surface area contributed by atoms with Crippen molar-refractivity contribution in [2.75, 3.05) is 0 Å². The van der Waals surface area contributed by atoms with Gasteiger partial charge in [-0.05, 0) is 105 Å². The van der Waals surface area contributed by atoms with Gasteiger partial charge in [0, 0.05) is 5.41 Å². The van der Waals surface area contributed by atoms with Crippen molar-refractivity contribution < 1.29 is 10.2 Å². The Morgan fingerprint density at radius 2 is 0.927 bits per heavy atom. The molecule has 0 amide bonds. The normalized spacial score (nSPS) is 28.7. The highest BCUT2D eigenvalue weighted by Gasteiger charge is 2.69. The van der Waals surface area contributed by atoms with Crippen LogP contribution in [-0.2, 0) is 41.9 Å². The molecule has 0 saturated heterocycles. The molecule has 2 heteroatoms. The molecule has 41 heavy (non-hydrogen) atoms. The van der Waals surface area contributed by atoms with E-state index in [-0.39, 0.29) is 16.2 Å². The predicted molar refractivity (Wildman–Crippen MR) is 176 cm³/mol. The van der Waals surface area contributed by atoms with E-state index in [4.69, 9.17) is 0 Å². The molecule has 0 bridgehead atoms. The van der Waals surface area contributed by atoms with Crippen molar-refractivity contribution in [2.24, 2.45) is 23.7 Å². The maximum absolute atomic E-state index is 12.0. The lowest BCUT2D eigenvalue weighted by atomic mass is 9.55. The molecular weight excluding hydrogens is 500 g/mol. The minimum atomic E-state index is -0.276. The second kappa shape index (κ2) is 11.3. The molecule has 0 fully saturated rings. The molecule has 2 aromatic carbocycles.